The summed E-state index contributed by atoms with van der Waals surface area (Å²) < 4.78 is 5.13. The van der Waals surface area contributed by atoms with E-state index in [4.69, 9.17) is 4.74 Å². The fourth-order valence-electron chi connectivity index (χ4n) is 1.64. The fraction of sp³-hybridized carbons (Fsp3) is 0.800. The minimum Gasteiger partial charge on any atom is -0.461 e. The lowest BCUT2D eigenvalue weighted by Crippen LogP contribution is -2.20. The number of hydrogen-bond donors (Lipinski definition) is 0. The Labute approximate surface area is 112 Å². The van der Waals surface area contributed by atoms with E-state index < -0.39 is 0 Å². The van der Waals surface area contributed by atoms with E-state index in [-0.39, 0.29) is 5.97 Å². The summed E-state index contributed by atoms with van der Waals surface area (Å²) in [4.78, 5) is 13.5. The number of hydrogen-bond acceptors (Lipinski definition) is 3. The Balaban J connectivity index is 3.47. The monoisotopic (exact) mass is 255 g/mol. The van der Waals surface area contributed by atoms with Gasteiger partial charge in [0, 0.05) is 12.1 Å². The molecule has 0 aliphatic carbocycles. The van der Waals surface area contributed by atoms with Gasteiger partial charge in [-0.25, -0.2) is 4.79 Å². The van der Waals surface area contributed by atoms with E-state index in [0.29, 0.717) is 12.2 Å². The number of nitrogens with zero attached hydrogens (tertiary/aromatic N) is 1. The highest BCUT2D eigenvalue weighted by molar-refractivity contribution is 5.87. The zero-order chi connectivity index (χ0) is 13.8. The molecule has 0 atom stereocenters. The van der Waals surface area contributed by atoms with Crippen molar-refractivity contribution in [2.24, 2.45) is 0 Å². The van der Waals surface area contributed by atoms with Crippen molar-refractivity contribution in [3.05, 3.63) is 12.2 Å². The molecule has 0 radical (unpaired) electrons. The second-order valence-electron chi connectivity index (χ2n) is 5.06. The summed E-state index contributed by atoms with van der Waals surface area (Å²) in [6, 6.07) is 0. The molecule has 0 aromatic carbocycles. The van der Waals surface area contributed by atoms with Crippen LogP contribution in [-0.4, -0.2) is 38.1 Å². The van der Waals surface area contributed by atoms with Crippen molar-refractivity contribution >= 4 is 5.97 Å². The molecule has 0 unspecified atom stereocenters. The smallest absolute Gasteiger partial charge is 0.333 e. The van der Waals surface area contributed by atoms with Gasteiger partial charge < -0.3 is 9.64 Å². The maximum atomic E-state index is 11.6. The molecule has 3 nitrogen and oxygen atoms in total. The number of unbranched alkanes of at least 4 members (excludes halogenated alkanes) is 5. The molecular formula is C15H29NO2. The average Bonchev–Trinajstić information content (AvgIpc) is 2.32. The summed E-state index contributed by atoms with van der Waals surface area (Å²) in [6.45, 7) is 7.22. The van der Waals surface area contributed by atoms with Crippen molar-refractivity contribution < 1.29 is 9.53 Å². The van der Waals surface area contributed by atoms with Crippen LogP contribution in [0.2, 0.25) is 0 Å². The first-order valence-corrected chi connectivity index (χ1v) is 7.07. The second kappa shape index (κ2) is 11.3. The molecule has 106 valence electrons. The van der Waals surface area contributed by atoms with Gasteiger partial charge in [-0.2, -0.15) is 0 Å². The topological polar surface area (TPSA) is 29.5 Å². The third kappa shape index (κ3) is 10.3. The zero-order valence-electron chi connectivity index (χ0n) is 12.3. The maximum absolute atomic E-state index is 11.6. The van der Waals surface area contributed by atoms with Crippen LogP contribution in [0, 0.1) is 0 Å². The van der Waals surface area contributed by atoms with Crippen molar-refractivity contribution in [3.63, 3.8) is 0 Å². The summed E-state index contributed by atoms with van der Waals surface area (Å²) in [5, 5.41) is 0. The predicted octanol–water partition coefficient (Wildman–Crippen LogP) is 3.40. The molecule has 0 aromatic rings. The Kier molecular flexibility index (Phi) is 10.8. The first-order valence-electron chi connectivity index (χ1n) is 7.07. The Bertz CT molecular complexity index is 237. The Morgan fingerprint density at radius 2 is 1.72 bits per heavy atom. The van der Waals surface area contributed by atoms with Crippen molar-refractivity contribution in [1.82, 2.24) is 4.90 Å². The molecule has 0 spiro atoms. The number of carbonyl (C=O) groups excluding carboxylic acids is 1. The van der Waals surface area contributed by atoms with Crippen LogP contribution in [0.5, 0.6) is 0 Å². The van der Waals surface area contributed by atoms with E-state index in [1.54, 1.807) is 0 Å². The summed E-state index contributed by atoms with van der Waals surface area (Å²) in [6.07, 6.45) is 8.15. The van der Waals surface area contributed by atoms with E-state index in [2.05, 4.69) is 13.5 Å². The number of rotatable bonds is 11. The molecule has 0 heterocycles. The predicted molar refractivity (Wildman–Crippen MR) is 76.6 cm³/mol. The van der Waals surface area contributed by atoms with Gasteiger partial charge in [0.05, 0.1) is 0 Å². The van der Waals surface area contributed by atoms with Crippen LogP contribution in [0.25, 0.3) is 0 Å². The SMILES string of the molecule is C=C(CCCCCCCC)C(=O)OCCN(C)C. The largest absolute Gasteiger partial charge is 0.461 e. The van der Waals surface area contributed by atoms with Gasteiger partial charge in [0.2, 0.25) is 0 Å². The summed E-state index contributed by atoms with van der Waals surface area (Å²) >= 11 is 0. The van der Waals surface area contributed by atoms with Gasteiger partial charge >= 0.3 is 5.97 Å². The maximum Gasteiger partial charge on any atom is 0.333 e. The third-order valence-electron chi connectivity index (χ3n) is 2.89. The molecule has 0 aromatic heterocycles. The Hall–Kier alpha value is -0.830. The van der Waals surface area contributed by atoms with Crippen LogP contribution >= 0.6 is 0 Å². The highest BCUT2D eigenvalue weighted by Gasteiger charge is 2.07. The molecular weight excluding hydrogens is 226 g/mol. The van der Waals surface area contributed by atoms with Crippen LogP contribution in [0.1, 0.15) is 51.9 Å². The van der Waals surface area contributed by atoms with Gasteiger partial charge in [-0.1, -0.05) is 45.6 Å². The summed E-state index contributed by atoms with van der Waals surface area (Å²) in [5.74, 6) is -0.231. The lowest BCUT2D eigenvalue weighted by Gasteiger charge is -2.10. The quantitative estimate of drug-likeness (QED) is 0.322. The van der Waals surface area contributed by atoms with Gasteiger partial charge in [0.25, 0.3) is 0 Å². The van der Waals surface area contributed by atoms with Gasteiger partial charge in [0.15, 0.2) is 0 Å². The molecule has 18 heavy (non-hydrogen) atoms. The molecule has 0 saturated carbocycles. The molecule has 3 heteroatoms. The molecule has 0 N–H and O–H groups in total. The number of likely N-dealkylation sites (N-methyl/N-ethyl adjacent to an activating group) is 1. The van der Waals surface area contributed by atoms with Gasteiger partial charge in [0.1, 0.15) is 6.61 Å². The van der Waals surface area contributed by atoms with Crippen LogP contribution in [0.4, 0.5) is 0 Å². The third-order valence-corrected chi connectivity index (χ3v) is 2.89. The lowest BCUT2D eigenvalue weighted by atomic mass is 10.1. The van der Waals surface area contributed by atoms with E-state index in [0.717, 1.165) is 19.4 Å². The van der Waals surface area contributed by atoms with Crippen molar-refractivity contribution in [3.8, 4) is 0 Å². The first-order chi connectivity index (χ1) is 8.57. The van der Waals surface area contributed by atoms with E-state index in [9.17, 15) is 4.79 Å². The van der Waals surface area contributed by atoms with Crippen molar-refractivity contribution in [2.45, 2.75) is 51.9 Å². The number of carbonyl (C=O) groups is 1. The molecule has 0 aliphatic heterocycles. The van der Waals surface area contributed by atoms with Crippen LogP contribution in [0.15, 0.2) is 12.2 Å². The Morgan fingerprint density at radius 1 is 1.11 bits per heavy atom. The van der Waals surface area contributed by atoms with Crippen LogP contribution in [0.3, 0.4) is 0 Å². The molecule has 0 bridgehead atoms. The molecule has 0 aliphatic rings. The lowest BCUT2D eigenvalue weighted by molar-refractivity contribution is -0.139. The van der Waals surface area contributed by atoms with E-state index in [1.807, 2.05) is 19.0 Å². The number of ether oxygens (including phenoxy) is 1. The van der Waals surface area contributed by atoms with E-state index >= 15 is 0 Å². The van der Waals surface area contributed by atoms with Gasteiger partial charge in [-0.3, -0.25) is 0 Å². The second-order valence-corrected chi connectivity index (χ2v) is 5.06. The minimum absolute atomic E-state index is 0.231. The van der Waals surface area contributed by atoms with Crippen molar-refractivity contribution in [1.29, 1.82) is 0 Å². The van der Waals surface area contributed by atoms with Crippen LogP contribution < -0.4 is 0 Å². The Morgan fingerprint density at radius 3 is 2.33 bits per heavy atom. The highest BCUT2D eigenvalue weighted by atomic mass is 16.5. The van der Waals surface area contributed by atoms with Gasteiger partial charge in [-0.05, 0) is 26.9 Å². The van der Waals surface area contributed by atoms with Gasteiger partial charge in [-0.15, -0.1) is 0 Å². The zero-order valence-corrected chi connectivity index (χ0v) is 12.3. The molecule has 0 fully saturated rings. The van der Waals surface area contributed by atoms with Crippen molar-refractivity contribution in [2.75, 3.05) is 27.2 Å². The average molecular weight is 255 g/mol. The van der Waals surface area contributed by atoms with Crippen LogP contribution in [-0.2, 0) is 9.53 Å². The summed E-state index contributed by atoms with van der Waals surface area (Å²) in [5.41, 5.74) is 0.615. The fourth-order valence-corrected chi connectivity index (χ4v) is 1.64. The molecule has 0 amide bonds. The highest BCUT2D eigenvalue weighted by Crippen LogP contribution is 2.11. The van der Waals surface area contributed by atoms with E-state index in [1.165, 1.54) is 32.1 Å². The standard InChI is InChI=1S/C15H29NO2/c1-5-6-7-8-9-10-11-14(2)15(17)18-13-12-16(3)4/h2,5-13H2,1,3-4H3. The summed E-state index contributed by atoms with van der Waals surface area (Å²) in [7, 11) is 3.91. The minimum atomic E-state index is -0.231. The first kappa shape index (κ1) is 17.2. The number of esters is 1. The molecule has 0 rings (SSSR count). The normalized spacial score (nSPS) is 10.7. The molecule has 0 saturated heterocycles.